The van der Waals surface area contributed by atoms with Crippen LogP contribution < -0.4 is 10.1 Å². The van der Waals surface area contributed by atoms with Crippen LogP contribution in [-0.2, 0) is 4.79 Å². The number of thioether (sulfide) groups is 1. The maximum Gasteiger partial charge on any atom is 0.234 e. The zero-order chi connectivity index (χ0) is 20.9. The summed E-state index contributed by atoms with van der Waals surface area (Å²) in [6.07, 6.45) is 3.09. The Labute approximate surface area is 180 Å². The third-order valence-electron chi connectivity index (χ3n) is 3.94. The lowest BCUT2D eigenvalue weighted by Gasteiger charge is -2.10. The molecule has 0 saturated heterocycles. The number of furan rings is 2. The molecule has 0 fully saturated rings. The van der Waals surface area contributed by atoms with Gasteiger partial charge in [0.2, 0.25) is 11.1 Å². The SMILES string of the molecule is COc1ccc(Cl)cc1NC(=O)CSc1nnc(-c2ccco2)c(-c2ccco2)n1. The topological polar surface area (TPSA) is 103 Å². The van der Waals surface area contributed by atoms with Crippen LogP contribution >= 0.6 is 23.4 Å². The van der Waals surface area contributed by atoms with Crippen LogP contribution in [0.3, 0.4) is 0 Å². The van der Waals surface area contributed by atoms with Crippen molar-refractivity contribution < 1.29 is 18.4 Å². The lowest BCUT2D eigenvalue weighted by Crippen LogP contribution is -2.15. The zero-order valence-electron chi connectivity index (χ0n) is 15.7. The monoisotopic (exact) mass is 442 g/mol. The van der Waals surface area contributed by atoms with Crippen molar-refractivity contribution in [2.75, 3.05) is 18.2 Å². The highest BCUT2D eigenvalue weighted by atomic mass is 35.5. The molecular formula is C20H15ClN4O4S. The van der Waals surface area contributed by atoms with Gasteiger partial charge in [-0.1, -0.05) is 23.4 Å². The predicted octanol–water partition coefficient (Wildman–Crippen LogP) is 4.78. The third kappa shape index (κ3) is 4.47. The number of halogens is 1. The van der Waals surface area contributed by atoms with Crippen LogP contribution in [0.25, 0.3) is 22.9 Å². The summed E-state index contributed by atoms with van der Waals surface area (Å²) >= 11 is 7.14. The maximum absolute atomic E-state index is 12.4. The Balaban J connectivity index is 1.51. The molecular weight excluding hydrogens is 428 g/mol. The van der Waals surface area contributed by atoms with Gasteiger partial charge in [-0.15, -0.1) is 10.2 Å². The second-order valence-corrected chi connectivity index (χ2v) is 7.31. The number of hydrogen-bond donors (Lipinski definition) is 1. The molecule has 10 heteroatoms. The fraction of sp³-hybridized carbons (Fsp3) is 0.100. The van der Waals surface area contributed by atoms with Gasteiger partial charge in [0.25, 0.3) is 0 Å². The Bertz CT molecular complexity index is 1150. The molecule has 0 aliphatic heterocycles. The van der Waals surface area contributed by atoms with E-state index in [1.165, 1.54) is 7.11 Å². The van der Waals surface area contributed by atoms with Crippen molar-refractivity contribution in [1.29, 1.82) is 0 Å². The summed E-state index contributed by atoms with van der Waals surface area (Å²) in [5.41, 5.74) is 1.41. The molecule has 0 unspecified atom stereocenters. The minimum absolute atomic E-state index is 0.0645. The maximum atomic E-state index is 12.4. The van der Waals surface area contributed by atoms with Gasteiger partial charge in [0.1, 0.15) is 11.4 Å². The fourth-order valence-corrected chi connectivity index (χ4v) is 3.39. The summed E-state index contributed by atoms with van der Waals surface area (Å²) in [5, 5.41) is 11.9. The van der Waals surface area contributed by atoms with Gasteiger partial charge in [-0.25, -0.2) is 4.98 Å². The predicted molar refractivity (Wildman–Crippen MR) is 113 cm³/mol. The number of hydrogen-bond acceptors (Lipinski definition) is 8. The molecule has 0 spiro atoms. The average Bonchev–Trinajstić information content (AvgIpc) is 3.46. The van der Waals surface area contributed by atoms with E-state index in [-0.39, 0.29) is 11.7 Å². The Morgan fingerprint density at radius 3 is 2.50 bits per heavy atom. The lowest BCUT2D eigenvalue weighted by molar-refractivity contribution is -0.113. The summed E-state index contributed by atoms with van der Waals surface area (Å²) < 4.78 is 16.1. The van der Waals surface area contributed by atoms with Gasteiger partial charge >= 0.3 is 0 Å². The van der Waals surface area contributed by atoms with Crippen molar-refractivity contribution in [2.24, 2.45) is 0 Å². The number of amides is 1. The van der Waals surface area contributed by atoms with Crippen LogP contribution in [0.2, 0.25) is 5.02 Å². The van der Waals surface area contributed by atoms with E-state index in [0.29, 0.717) is 44.5 Å². The van der Waals surface area contributed by atoms with Crippen LogP contribution in [-0.4, -0.2) is 34.0 Å². The summed E-state index contributed by atoms with van der Waals surface area (Å²) in [6.45, 7) is 0. The molecule has 4 rings (SSSR count). The molecule has 0 aliphatic rings. The fourth-order valence-electron chi connectivity index (χ4n) is 2.63. The Kier molecular flexibility index (Phi) is 6.01. The van der Waals surface area contributed by atoms with Crippen molar-refractivity contribution in [3.63, 3.8) is 0 Å². The lowest BCUT2D eigenvalue weighted by atomic mass is 10.2. The Hall–Kier alpha value is -3.30. The van der Waals surface area contributed by atoms with Crippen LogP contribution in [0, 0.1) is 0 Å². The molecule has 3 heterocycles. The molecule has 1 amide bonds. The van der Waals surface area contributed by atoms with Gasteiger partial charge in [0.05, 0.1) is 31.1 Å². The highest BCUT2D eigenvalue weighted by Gasteiger charge is 2.18. The minimum atomic E-state index is -0.265. The molecule has 1 N–H and O–H groups in total. The molecule has 152 valence electrons. The number of rotatable bonds is 7. The first-order valence-electron chi connectivity index (χ1n) is 8.72. The summed E-state index contributed by atoms with van der Waals surface area (Å²) in [5.74, 6) is 1.35. The van der Waals surface area contributed by atoms with E-state index in [9.17, 15) is 4.79 Å². The third-order valence-corrected chi connectivity index (χ3v) is 5.02. The summed E-state index contributed by atoms with van der Waals surface area (Å²) in [7, 11) is 1.52. The molecule has 0 radical (unpaired) electrons. The van der Waals surface area contributed by atoms with Gasteiger partial charge < -0.3 is 18.9 Å². The largest absolute Gasteiger partial charge is 0.495 e. The van der Waals surface area contributed by atoms with Gasteiger partial charge in [-0.3, -0.25) is 4.79 Å². The van der Waals surface area contributed by atoms with Crippen LogP contribution in [0.5, 0.6) is 5.75 Å². The molecule has 4 aromatic rings. The number of aromatic nitrogens is 3. The Morgan fingerprint density at radius 2 is 1.83 bits per heavy atom. The quantitative estimate of drug-likeness (QED) is 0.407. The second kappa shape index (κ2) is 9.02. The minimum Gasteiger partial charge on any atom is -0.495 e. The normalized spacial score (nSPS) is 10.7. The number of nitrogens with one attached hydrogen (secondary N) is 1. The van der Waals surface area contributed by atoms with E-state index in [1.54, 1.807) is 55.0 Å². The molecule has 0 saturated carbocycles. The van der Waals surface area contributed by atoms with Crippen LogP contribution in [0.4, 0.5) is 5.69 Å². The molecule has 8 nitrogen and oxygen atoms in total. The van der Waals surface area contributed by atoms with Gasteiger partial charge in [0, 0.05) is 5.02 Å². The van der Waals surface area contributed by atoms with Crippen molar-refractivity contribution >= 4 is 35.0 Å². The van der Waals surface area contributed by atoms with E-state index in [1.807, 2.05) is 0 Å². The second-order valence-electron chi connectivity index (χ2n) is 5.93. The van der Waals surface area contributed by atoms with E-state index < -0.39 is 0 Å². The van der Waals surface area contributed by atoms with Crippen molar-refractivity contribution in [1.82, 2.24) is 15.2 Å². The number of benzene rings is 1. The highest BCUT2D eigenvalue weighted by Crippen LogP contribution is 2.31. The Morgan fingerprint density at radius 1 is 1.10 bits per heavy atom. The highest BCUT2D eigenvalue weighted by molar-refractivity contribution is 7.99. The van der Waals surface area contributed by atoms with Crippen LogP contribution in [0.1, 0.15) is 0 Å². The van der Waals surface area contributed by atoms with Crippen LogP contribution in [0.15, 0.2) is 69.0 Å². The molecule has 1 aromatic carbocycles. The van der Waals surface area contributed by atoms with E-state index in [0.717, 1.165) is 11.8 Å². The number of carbonyl (C=O) groups excluding carboxylic acids is 1. The number of ether oxygens (including phenoxy) is 1. The van der Waals surface area contributed by atoms with Gasteiger partial charge in [0.15, 0.2) is 17.2 Å². The molecule has 0 aliphatic carbocycles. The number of anilines is 1. The molecule has 3 aromatic heterocycles. The standard InChI is InChI=1S/C20H15ClN4O4S/c1-27-14-7-6-12(21)10-13(14)22-17(26)11-30-20-23-18(15-4-2-8-28-15)19(24-25-20)16-5-3-9-29-16/h2-10H,11H2,1H3,(H,22,26). The summed E-state index contributed by atoms with van der Waals surface area (Å²) in [4.78, 5) is 16.9. The number of carbonyl (C=O) groups is 1. The first-order chi connectivity index (χ1) is 14.6. The molecule has 30 heavy (non-hydrogen) atoms. The van der Waals surface area contributed by atoms with E-state index >= 15 is 0 Å². The van der Waals surface area contributed by atoms with Crippen molar-refractivity contribution in [2.45, 2.75) is 5.16 Å². The average molecular weight is 443 g/mol. The van der Waals surface area contributed by atoms with Gasteiger partial charge in [-0.05, 0) is 42.5 Å². The van der Waals surface area contributed by atoms with Gasteiger partial charge in [-0.2, -0.15) is 0 Å². The molecule has 0 atom stereocenters. The van der Waals surface area contributed by atoms with Crippen molar-refractivity contribution in [3.8, 4) is 28.7 Å². The zero-order valence-corrected chi connectivity index (χ0v) is 17.2. The van der Waals surface area contributed by atoms with E-state index in [2.05, 4.69) is 20.5 Å². The first-order valence-corrected chi connectivity index (χ1v) is 10.1. The first kappa shape index (κ1) is 20.0. The van der Waals surface area contributed by atoms with E-state index in [4.69, 9.17) is 25.2 Å². The smallest absolute Gasteiger partial charge is 0.234 e. The number of nitrogens with zero attached hydrogens (tertiary/aromatic N) is 3. The van der Waals surface area contributed by atoms with Crippen molar-refractivity contribution in [3.05, 3.63) is 60.0 Å². The molecule has 0 bridgehead atoms. The summed E-state index contributed by atoms with van der Waals surface area (Å²) in [6, 6.07) is 12.0. The number of methoxy groups -OCH3 is 1.